The van der Waals surface area contributed by atoms with Gasteiger partial charge in [0.2, 0.25) is 11.1 Å². The molecule has 3 aromatic carbocycles. The van der Waals surface area contributed by atoms with Crippen molar-refractivity contribution in [2.24, 2.45) is 0 Å². The number of hydrogen-bond donors (Lipinski definition) is 0. The minimum atomic E-state index is -5.51. The summed E-state index contributed by atoms with van der Waals surface area (Å²) < 4.78 is 150. The van der Waals surface area contributed by atoms with Gasteiger partial charge < -0.3 is 8.83 Å². The van der Waals surface area contributed by atoms with E-state index < -0.39 is 113 Å². The summed E-state index contributed by atoms with van der Waals surface area (Å²) in [7, 11) is 0. The number of hydrogen-bond acceptors (Lipinski definition) is 8. The largest absolute Gasteiger partial charge is 0.434 e. The van der Waals surface area contributed by atoms with Gasteiger partial charge in [-0.05, 0) is 35.4 Å². The third-order valence-corrected chi connectivity index (χ3v) is 6.29. The third-order valence-electron chi connectivity index (χ3n) is 6.29. The van der Waals surface area contributed by atoms with Crippen molar-refractivity contribution < 1.29 is 52.7 Å². The van der Waals surface area contributed by atoms with E-state index in [-0.39, 0.29) is 24.3 Å². The van der Waals surface area contributed by atoms with Gasteiger partial charge in [0.05, 0.1) is 11.1 Å². The smallest absolute Gasteiger partial charge is 0.422 e. The molecule has 0 atom stereocenters. The number of benzene rings is 3. The van der Waals surface area contributed by atoms with E-state index in [0.717, 1.165) is 0 Å². The summed E-state index contributed by atoms with van der Waals surface area (Å²) in [5, 5.41) is 37.3. The van der Waals surface area contributed by atoms with Crippen LogP contribution in [-0.2, 0) is 12.4 Å². The Balaban J connectivity index is 2.09. The average Bonchev–Trinajstić information content (AvgIpc) is 3.55. The lowest BCUT2D eigenvalue weighted by atomic mass is 9.94. The van der Waals surface area contributed by atoms with Crippen molar-refractivity contribution in [1.29, 1.82) is 21.0 Å². The number of alkyl halides is 6. The first-order chi connectivity index (χ1) is 21.5. The van der Waals surface area contributed by atoms with Gasteiger partial charge in [0.1, 0.15) is 69.7 Å². The number of oxazole rings is 2. The molecule has 18 heteroatoms. The Morgan fingerprint density at radius 1 is 0.543 bits per heavy atom. The predicted molar refractivity (Wildman–Crippen MR) is 131 cm³/mol. The van der Waals surface area contributed by atoms with Gasteiger partial charge in [0, 0.05) is 0 Å². The van der Waals surface area contributed by atoms with Crippen LogP contribution < -0.4 is 11.1 Å². The first-order valence-electron chi connectivity index (χ1n) is 11.8. The zero-order chi connectivity index (χ0) is 33.9. The van der Waals surface area contributed by atoms with Gasteiger partial charge in [-0.15, -0.1) is 0 Å². The molecule has 228 valence electrons. The van der Waals surface area contributed by atoms with Crippen LogP contribution in [0, 0.1) is 68.6 Å². The topological polar surface area (TPSA) is 147 Å². The summed E-state index contributed by atoms with van der Waals surface area (Å²) >= 11 is 0. The molecule has 8 nitrogen and oxygen atoms in total. The van der Waals surface area contributed by atoms with Crippen LogP contribution in [0.2, 0.25) is 0 Å². The Bertz CT molecular complexity index is 2140. The Hall–Kier alpha value is -6.40. The maximum atomic E-state index is 14.7. The Morgan fingerprint density at radius 3 is 1.07 bits per heavy atom. The molecular weight excluding hydrogens is 642 g/mol. The van der Waals surface area contributed by atoms with Crippen LogP contribution in [0.5, 0.6) is 0 Å². The molecule has 5 aromatic rings. The fraction of sp³-hybridized carbons (Fsp3) is 0.0714. The van der Waals surface area contributed by atoms with E-state index in [0.29, 0.717) is 0 Å². The van der Waals surface area contributed by atoms with E-state index in [4.69, 9.17) is 8.83 Å². The lowest BCUT2D eigenvalue weighted by Gasteiger charge is -2.14. The summed E-state index contributed by atoms with van der Waals surface area (Å²) in [6.45, 7) is 0. The number of aromatic nitrogens is 2. The first kappa shape index (κ1) is 31.0. The Kier molecular flexibility index (Phi) is 7.18. The van der Waals surface area contributed by atoms with Crippen molar-refractivity contribution in [2.45, 2.75) is 12.4 Å². The molecule has 0 saturated heterocycles. The molecule has 0 fully saturated rings. The lowest BCUT2D eigenvalue weighted by molar-refractivity contribution is -0.143. The molecule has 0 amide bonds. The molecule has 46 heavy (non-hydrogen) atoms. The minimum Gasteiger partial charge on any atom is -0.434 e. The summed E-state index contributed by atoms with van der Waals surface area (Å²) in [6, 6.07) is 6.30. The van der Waals surface area contributed by atoms with Gasteiger partial charge >= 0.3 is 12.4 Å². The van der Waals surface area contributed by atoms with Crippen molar-refractivity contribution in [2.75, 3.05) is 0 Å². The molecule has 0 N–H and O–H groups in total. The van der Waals surface area contributed by atoms with E-state index in [1.54, 1.807) is 0 Å². The van der Waals surface area contributed by atoms with E-state index in [1.807, 2.05) is 0 Å². The van der Waals surface area contributed by atoms with Gasteiger partial charge in [-0.2, -0.15) is 47.4 Å². The highest BCUT2D eigenvalue weighted by Gasteiger charge is 2.40. The van der Waals surface area contributed by atoms with Crippen LogP contribution in [0.4, 0.5) is 43.9 Å². The van der Waals surface area contributed by atoms with Crippen molar-refractivity contribution in [3.8, 4) is 46.5 Å². The third kappa shape index (κ3) is 4.88. The number of rotatable bonds is 2. The Morgan fingerprint density at radius 2 is 0.826 bits per heavy atom. The number of fused-ring (bicyclic) bond motifs is 2. The van der Waals surface area contributed by atoms with Gasteiger partial charge in [-0.1, -0.05) is 0 Å². The molecule has 0 radical (unpaired) electrons. The SMILES string of the molecule is N#CC(C#N)=c1nc2c(-c3cc(F)c(C(F)(F)F)c(F)c3)c3oc(=C(C#N)C#N)nc3c(-c3cc(F)c(C(F)(F)F)c(F)c3)c2o1. The zero-order valence-corrected chi connectivity index (χ0v) is 21.6. The zero-order valence-electron chi connectivity index (χ0n) is 21.6. The summed E-state index contributed by atoms with van der Waals surface area (Å²) in [6.07, 6.45) is -11.0. The quantitative estimate of drug-likeness (QED) is 0.203. The highest BCUT2D eigenvalue weighted by Crippen LogP contribution is 2.45. The standard InChI is InChI=1S/C28H4F10N6O2/c29-13-1-9(2-14(30)19(13)27(33,34)35)17-21-24(46-25(43-21)11(5-39)6-40)18(22-23(17)45-26(44-22)12(7-41)8-42)10-3-15(31)20(16(32)4-10)28(36,37)38/h1-4H. The predicted octanol–water partition coefficient (Wildman–Crippen LogP) is 6.29. The molecule has 0 spiro atoms. The average molecular weight is 646 g/mol. The lowest BCUT2D eigenvalue weighted by Crippen LogP contribution is -2.11. The van der Waals surface area contributed by atoms with Crippen LogP contribution >= 0.6 is 0 Å². The number of halogens is 10. The van der Waals surface area contributed by atoms with Gasteiger partial charge in [0.25, 0.3) is 0 Å². The Labute approximate surface area is 246 Å². The fourth-order valence-electron chi connectivity index (χ4n) is 4.50. The van der Waals surface area contributed by atoms with E-state index >= 15 is 0 Å². The second-order valence-corrected chi connectivity index (χ2v) is 8.97. The van der Waals surface area contributed by atoms with Crippen molar-refractivity contribution in [3.63, 3.8) is 0 Å². The highest BCUT2D eigenvalue weighted by molar-refractivity contribution is 6.15. The maximum Gasteiger partial charge on any atom is 0.422 e. The van der Waals surface area contributed by atoms with Crippen LogP contribution in [0.15, 0.2) is 33.1 Å². The summed E-state index contributed by atoms with van der Waals surface area (Å²) in [5.41, 5.74) is -13.9. The van der Waals surface area contributed by atoms with E-state index in [2.05, 4.69) is 9.97 Å². The molecule has 0 bridgehead atoms. The normalized spacial score (nSPS) is 11.6. The van der Waals surface area contributed by atoms with Crippen LogP contribution in [-0.4, -0.2) is 9.97 Å². The second kappa shape index (κ2) is 10.6. The van der Waals surface area contributed by atoms with Crippen molar-refractivity contribution >= 4 is 33.3 Å². The molecule has 2 heterocycles. The summed E-state index contributed by atoms with van der Waals surface area (Å²) in [4.78, 5) is 7.77. The molecule has 2 aromatic heterocycles. The minimum absolute atomic E-state index is 0.173. The molecule has 0 saturated carbocycles. The van der Waals surface area contributed by atoms with Gasteiger partial charge in [0.15, 0.2) is 22.3 Å². The number of nitriles is 4. The summed E-state index contributed by atoms with van der Waals surface area (Å²) in [5.74, 6) is -8.59. The van der Waals surface area contributed by atoms with Crippen molar-refractivity contribution in [1.82, 2.24) is 9.97 Å². The second-order valence-electron chi connectivity index (χ2n) is 8.97. The molecule has 0 unspecified atom stereocenters. The van der Waals surface area contributed by atoms with Gasteiger partial charge in [-0.25, -0.2) is 27.5 Å². The van der Waals surface area contributed by atoms with Crippen LogP contribution in [0.25, 0.3) is 55.6 Å². The van der Waals surface area contributed by atoms with Crippen molar-refractivity contribution in [3.05, 3.63) is 69.8 Å². The highest BCUT2D eigenvalue weighted by atomic mass is 19.4. The molecule has 5 rings (SSSR count). The monoisotopic (exact) mass is 646 g/mol. The fourth-order valence-corrected chi connectivity index (χ4v) is 4.50. The molecule has 0 aliphatic rings. The molecule has 0 aliphatic heterocycles. The molecular formula is C28H4F10N6O2. The number of nitrogens with zero attached hydrogens (tertiary/aromatic N) is 6. The van der Waals surface area contributed by atoms with E-state index in [9.17, 15) is 65.0 Å². The van der Waals surface area contributed by atoms with Crippen LogP contribution in [0.1, 0.15) is 11.1 Å². The molecule has 0 aliphatic carbocycles. The first-order valence-corrected chi connectivity index (χ1v) is 11.8. The van der Waals surface area contributed by atoms with Gasteiger partial charge in [-0.3, -0.25) is 0 Å². The van der Waals surface area contributed by atoms with Crippen LogP contribution in [0.3, 0.4) is 0 Å². The van der Waals surface area contributed by atoms with E-state index in [1.165, 1.54) is 24.3 Å². The maximum absolute atomic E-state index is 14.7.